The van der Waals surface area contributed by atoms with Crippen LogP contribution in [0.2, 0.25) is 0 Å². The summed E-state index contributed by atoms with van der Waals surface area (Å²) >= 11 is 0. The maximum atomic E-state index is 13.0. The molecule has 3 saturated carbocycles. The van der Waals surface area contributed by atoms with Gasteiger partial charge in [0.05, 0.1) is 17.7 Å². The van der Waals surface area contributed by atoms with Crippen molar-refractivity contribution in [2.24, 2.45) is 52.3 Å². The van der Waals surface area contributed by atoms with Crippen LogP contribution in [0.15, 0.2) is 84.9 Å². The fraction of sp³-hybridized carbons (Fsp3) is 0.540. The summed E-state index contributed by atoms with van der Waals surface area (Å²) in [6.45, 7) is 14.8. The molecule has 0 aromatic heterocycles. The lowest BCUT2D eigenvalue weighted by Gasteiger charge is -2.59. The quantitative estimate of drug-likeness (QED) is 0.0731. The number of allylic oxidation sites excluding steroid dienone is 2. The molecular formula is C50H62O8. The fourth-order valence-corrected chi connectivity index (χ4v) is 11.4. The van der Waals surface area contributed by atoms with Gasteiger partial charge < -0.3 is 23.7 Å². The number of esters is 2. The van der Waals surface area contributed by atoms with Crippen LogP contribution in [-0.2, 0) is 4.74 Å². The van der Waals surface area contributed by atoms with Gasteiger partial charge in [-0.2, -0.15) is 0 Å². The molecule has 4 aliphatic rings. The van der Waals surface area contributed by atoms with E-state index in [9.17, 15) is 14.4 Å². The highest BCUT2D eigenvalue weighted by Gasteiger charge is 2.59. The lowest BCUT2D eigenvalue weighted by atomic mass is 9.46. The van der Waals surface area contributed by atoms with Crippen molar-refractivity contribution in [3.63, 3.8) is 0 Å². The van der Waals surface area contributed by atoms with E-state index >= 15 is 0 Å². The van der Waals surface area contributed by atoms with Gasteiger partial charge >= 0.3 is 18.1 Å². The second-order valence-electron chi connectivity index (χ2n) is 18.4. The minimum Gasteiger partial charge on any atom is -0.494 e. The number of benzene rings is 3. The second-order valence-corrected chi connectivity index (χ2v) is 18.4. The average molecular weight is 791 g/mol. The van der Waals surface area contributed by atoms with Crippen molar-refractivity contribution in [2.45, 2.75) is 112 Å². The first kappa shape index (κ1) is 41.6. The van der Waals surface area contributed by atoms with Crippen LogP contribution in [0.5, 0.6) is 23.0 Å². The molecule has 8 heteroatoms. The second kappa shape index (κ2) is 17.7. The third-order valence-corrected chi connectivity index (χ3v) is 14.5. The first-order valence-corrected chi connectivity index (χ1v) is 21.8. The van der Waals surface area contributed by atoms with Gasteiger partial charge in [0.1, 0.15) is 29.1 Å². The van der Waals surface area contributed by atoms with Gasteiger partial charge in [0, 0.05) is 0 Å². The van der Waals surface area contributed by atoms with Gasteiger partial charge in [-0.1, -0.05) is 66.0 Å². The van der Waals surface area contributed by atoms with Gasteiger partial charge in [0.25, 0.3) is 0 Å². The highest BCUT2D eigenvalue weighted by molar-refractivity contribution is 5.92. The molecule has 0 amide bonds. The Morgan fingerprint density at radius 2 is 1.21 bits per heavy atom. The number of fused-ring (bicyclic) bond motifs is 5. The normalized spacial score (nSPS) is 29.0. The summed E-state index contributed by atoms with van der Waals surface area (Å²) in [7, 11) is 0. The summed E-state index contributed by atoms with van der Waals surface area (Å²) in [5.74, 6) is 5.40. The number of carbonyl (C=O) groups excluding carboxylic acids is 3. The highest BCUT2D eigenvalue weighted by atomic mass is 16.7. The monoisotopic (exact) mass is 790 g/mol. The van der Waals surface area contributed by atoms with Crippen LogP contribution in [0.25, 0.3) is 0 Å². The molecule has 0 N–H and O–H groups in total. The molecule has 0 spiro atoms. The van der Waals surface area contributed by atoms with Gasteiger partial charge in [-0.25, -0.2) is 14.4 Å². The topological polar surface area (TPSA) is 97.4 Å². The van der Waals surface area contributed by atoms with Crippen LogP contribution in [-0.4, -0.2) is 30.8 Å². The lowest BCUT2D eigenvalue weighted by Crippen LogP contribution is -2.52. The molecule has 0 radical (unpaired) electrons. The third kappa shape index (κ3) is 9.01. The van der Waals surface area contributed by atoms with Crippen molar-refractivity contribution in [3.8, 4) is 23.0 Å². The lowest BCUT2D eigenvalue weighted by molar-refractivity contribution is -0.0852. The Labute approximate surface area is 345 Å². The summed E-state index contributed by atoms with van der Waals surface area (Å²) in [5.41, 5.74) is 1.34. The Bertz CT molecular complexity index is 1920. The Kier molecular flexibility index (Phi) is 12.7. The first-order valence-electron chi connectivity index (χ1n) is 21.8. The number of hydrogen-bond acceptors (Lipinski definition) is 8. The number of carbonyl (C=O) groups is 3. The maximum Gasteiger partial charge on any atom is 0.514 e. The summed E-state index contributed by atoms with van der Waals surface area (Å²) in [6, 6.07) is 19.1. The van der Waals surface area contributed by atoms with E-state index in [0.29, 0.717) is 46.8 Å². The summed E-state index contributed by atoms with van der Waals surface area (Å²) in [6.07, 6.45) is 16.3. The van der Waals surface area contributed by atoms with E-state index in [2.05, 4.69) is 46.8 Å². The largest absolute Gasteiger partial charge is 0.514 e. The van der Waals surface area contributed by atoms with Crippen molar-refractivity contribution in [2.75, 3.05) is 6.61 Å². The molecule has 58 heavy (non-hydrogen) atoms. The van der Waals surface area contributed by atoms with Crippen molar-refractivity contribution in [3.05, 3.63) is 96.1 Å². The zero-order chi connectivity index (χ0) is 41.0. The SMILES string of the molecule is CCOc1ccc(C(=O)Oc2ccc(OC(=O)c3ccc(OC(=O)OC4CC[C@]5(C)C(C=C[C@@H]6[C@H]7CC[C@@H](C(C)CCCC(C)C)[C@]7(C)CC[C@H]65)C4)cc3)cc2)cc1. The third-order valence-electron chi connectivity index (χ3n) is 14.5. The number of ether oxygens (including phenoxy) is 5. The number of hydrogen-bond donors (Lipinski definition) is 0. The van der Waals surface area contributed by atoms with Crippen LogP contribution >= 0.6 is 0 Å². The molecular weight excluding hydrogens is 729 g/mol. The van der Waals surface area contributed by atoms with E-state index in [1.807, 2.05) is 6.92 Å². The fourth-order valence-electron chi connectivity index (χ4n) is 11.4. The van der Waals surface area contributed by atoms with Gasteiger partial charge in [-0.3, -0.25) is 0 Å². The highest BCUT2D eigenvalue weighted by Crippen LogP contribution is 2.67. The first-order chi connectivity index (χ1) is 27.9. The van der Waals surface area contributed by atoms with Gasteiger partial charge in [-0.15, -0.1) is 0 Å². The van der Waals surface area contributed by atoms with E-state index in [4.69, 9.17) is 23.7 Å². The van der Waals surface area contributed by atoms with Crippen LogP contribution in [0.4, 0.5) is 4.79 Å². The smallest absolute Gasteiger partial charge is 0.494 e. The van der Waals surface area contributed by atoms with Crippen molar-refractivity contribution >= 4 is 18.1 Å². The molecule has 3 unspecified atom stereocenters. The summed E-state index contributed by atoms with van der Waals surface area (Å²) in [4.78, 5) is 38.4. The zero-order valence-electron chi connectivity index (χ0n) is 35.2. The van der Waals surface area contributed by atoms with E-state index in [1.54, 1.807) is 72.8 Å². The molecule has 3 fully saturated rings. The van der Waals surface area contributed by atoms with Crippen LogP contribution in [0.3, 0.4) is 0 Å². The van der Waals surface area contributed by atoms with Crippen LogP contribution in [0.1, 0.15) is 126 Å². The minimum atomic E-state index is -0.724. The molecule has 0 bridgehead atoms. The standard InChI is InChI=1S/C50H62O8/c1-7-54-37-16-11-34(12-17-37)46(51)55-38-20-22-39(23-21-38)56-47(52)35-13-18-40(19-14-35)57-48(53)58-41-27-29-49(5)36(31-41)15-24-42-44-26-25-43(33(4)10-8-9-32(2)3)50(44,6)30-28-45(42)49/h11-24,32-33,36,41-45H,7-10,25-31H2,1-6H3/t33?,36?,41?,42-,43+,44-,45-,49-,50+/m1/s1. The summed E-state index contributed by atoms with van der Waals surface area (Å²) in [5, 5.41) is 0. The van der Waals surface area contributed by atoms with Gasteiger partial charge in [0.15, 0.2) is 0 Å². The van der Waals surface area contributed by atoms with Gasteiger partial charge in [0.2, 0.25) is 0 Å². The Balaban J connectivity index is 0.873. The van der Waals surface area contributed by atoms with E-state index < -0.39 is 18.1 Å². The molecule has 8 nitrogen and oxygen atoms in total. The molecule has 4 aliphatic carbocycles. The van der Waals surface area contributed by atoms with Gasteiger partial charge in [-0.05, 0) is 177 Å². The molecule has 7 rings (SSSR count). The molecule has 310 valence electrons. The Morgan fingerprint density at radius 1 is 0.655 bits per heavy atom. The molecule has 0 aliphatic heterocycles. The van der Waals surface area contributed by atoms with Crippen molar-refractivity contribution in [1.29, 1.82) is 0 Å². The molecule has 0 saturated heterocycles. The van der Waals surface area contributed by atoms with Crippen molar-refractivity contribution in [1.82, 2.24) is 0 Å². The zero-order valence-corrected chi connectivity index (χ0v) is 35.2. The van der Waals surface area contributed by atoms with E-state index in [1.165, 1.54) is 44.9 Å². The predicted molar refractivity (Wildman–Crippen MR) is 224 cm³/mol. The van der Waals surface area contributed by atoms with Crippen LogP contribution < -0.4 is 18.9 Å². The van der Waals surface area contributed by atoms with E-state index in [0.717, 1.165) is 42.9 Å². The average Bonchev–Trinajstić information content (AvgIpc) is 3.56. The molecule has 3 aromatic rings. The maximum absolute atomic E-state index is 13.0. The summed E-state index contributed by atoms with van der Waals surface area (Å²) < 4.78 is 27.8. The van der Waals surface area contributed by atoms with Crippen molar-refractivity contribution < 1.29 is 38.1 Å². The number of rotatable bonds is 13. The molecule has 9 atom stereocenters. The minimum absolute atomic E-state index is 0.195. The predicted octanol–water partition coefficient (Wildman–Crippen LogP) is 12.3. The molecule has 0 heterocycles. The van der Waals surface area contributed by atoms with Crippen LogP contribution in [0, 0.1) is 52.3 Å². The molecule has 3 aromatic carbocycles. The Hall–Kier alpha value is -4.59. The Morgan fingerprint density at radius 3 is 1.81 bits per heavy atom. The van der Waals surface area contributed by atoms with E-state index in [-0.39, 0.29) is 28.6 Å².